The highest BCUT2D eigenvalue weighted by Crippen LogP contribution is 2.19. The van der Waals surface area contributed by atoms with Gasteiger partial charge < -0.3 is 0 Å². The van der Waals surface area contributed by atoms with E-state index >= 15 is 0 Å². The van der Waals surface area contributed by atoms with E-state index in [1.165, 1.54) is 13.1 Å². The Morgan fingerprint density at radius 3 is 2.75 bits per heavy atom. The van der Waals surface area contributed by atoms with E-state index in [2.05, 4.69) is 5.32 Å². The third-order valence-electron chi connectivity index (χ3n) is 3.80. The Balaban J connectivity index is 2.07. The van der Waals surface area contributed by atoms with Gasteiger partial charge in [0.2, 0.25) is 11.8 Å². The van der Waals surface area contributed by atoms with Crippen LogP contribution in [-0.4, -0.2) is 29.8 Å². The van der Waals surface area contributed by atoms with Crippen LogP contribution in [0, 0.1) is 12.7 Å². The number of aryl methyl sites for hydroxylation is 1. The molecule has 20 heavy (non-hydrogen) atoms. The van der Waals surface area contributed by atoms with E-state index in [1.807, 2.05) is 13.0 Å². The second-order valence-corrected chi connectivity index (χ2v) is 5.28. The molecule has 2 amide bonds. The average Bonchev–Trinajstić information content (AvgIpc) is 2.42. The second kappa shape index (κ2) is 5.71. The fourth-order valence-corrected chi connectivity index (χ4v) is 2.35. The van der Waals surface area contributed by atoms with Crippen LogP contribution >= 0.6 is 0 Å². The molecular formula is C15H19FN2O2. The van der Waals surface area contributed by atoms with Crippen molar-refractivity contribution in [3.63, 3.8) is 0 Å². The van der Waals surface area contributed by atoms with E-state index in [0.717, 1.165) is 10.5 Å². The van der Waals surface area contributed by atoms with Crippen molar-refractivity contribution in [3.05, 3.63) is 35.1 Å². The van der Waals surface area contributed by atoms with Crippen LogP contribution in [0.2, 0.25) is 0 Å². The van der Waals surface area contributed by atoms with Crippen molar-refractivity contribution >= 4 is 11.8 Å². The minimum atomic E-state index is -0.392. The van der Waals surface area contributed by atoms with Gasteiger partial charge in [0.25, 0.3) is 0 Å². The molecule has 1 saturated heterocycles. The predicted octanol–water partition coefficient (Wildman–Crippen LogP) is 1.93. The van der Waals surface area contributed by atoms with Gasteiger partial charge in [0.05, 0.1) is 6.04 Å². The van der Waals surface area contributed by atoms with E-state index in [0.29, 0.717) is 18.4 Å². The number of likely N-dealkylation sites (N-methyl/N-ethyl adjacent to an activating group) is 1. The first-order valence-corrected chi connectivity index (χ1v) is 6.72. The van der Waals surface area contributed by atoms with Crippen molar-refractivity contribution in [2.75, 3.05) is 7.05 Å². The predicted molar refractivity (Wildman–Crippen MR) is 73.5 cm³/mol. The average molecular weight is 278 g/mol. The number of likely N-dealkylation sites (tertiary alicyclic amines) is 1. The molecule has 0 aromatic heterocycles. The summed E-state index contributed by atoms with van der Waals surface area (Å²) in [6.07, 6.45) is 0.843. The minimum Gasteiger partial charge on any atom is -0.299 e. The summed E-state index contributed by atoms with van der Waals surface area (Å²) < 4.78 is 13.6. The molecule has 0 aliphatic carbocycles. The number of nitrogens with one attached hydrogen (secondary N) is 1. The van der Waals surface area contributed by atoms with Gasteiger partial charge >= 0.3 is 0 Å². The molecule has 1 aliphatic heterocycles. The molecule has 1 aliphatic rings. The van der Waals surface area contributed by atoms with E-state index in [9.17, 15) is 14.0 Å². The van der Waals surface area contributed by atoms with Crippen LogP contribution in [0.25, 0.3) is 0 Å². The number of carbonyl (C=O) groups excluding carboxylic acids is 2. The monoisotopic (exact) mass is 278 g/mol. The van der Waals surface area contributed by atoms with Gasteiger partial charge in [-0.25, -0.2) is 4.39 Å². The van der Waals surface area contributed by atoms with Crippen LogP contribution in [0.3, 0.4) is 0 Å². The van der Waals surface area contributed by atoms with Gasteiger partial charge in [0, 0.05) is 19.5 Å². The highest BCUT2D eigenvalue weighted by atomic mass is 19.1. The normalized spacial score (nSPS) is 21.2. The Morgan fingerprint density at radius 1 is 1.40 bits per heavy atom. The minimum absolute atomic E-state index is 0.151. The zero-order chi connectivity index (χ0) is 14.9. The first-order chi connectivity index (χ1) is 9.40. The van der Waals surface area contributed by atoms with Gasteiger partial charge in [-0.1, -0.05) is 12.1 Å². The highest BCUT2D eigenvalue weighted by Gasteiger charge is 2.32. The maximum atomic E-state index is 13.6. The maximum absolute atomic E-state index is 13.6. The fraction of sp³-hybridized carbons (Fsp3) is 0.467. The molecule has 1 fully saturated rings. The van der Waals surface area contributed by atoms with Crippen LogP contribution in [0.1, 0.15) is 36.9 Å². The maximum Gasteiger partial charge on any atom is 0.246 e. The number of imide groups is 1. The van der Waals surface area contributed by atoms with Gasteiger partial charge in [-0.3, -0.25) is 19.8 Å². The van der Waals surface area contributed by atoms with E-state index in [4.69, 9.17) is 0 Å². The zero-order valence-electron chi connectivity index (χ0n) is 11.9. The van der Waals surface area contributed by atoms with Crippen molar-refractivity contribution in [3.8, 4) is 0 Å². The molecule has 0 saturated carbocycles. The SMILES string of the molecule is Cc1ccc(C(C)NC2CCC(=O)N(C)C2=O)cc1F. The summed E-state index contributed by atoms with van der Waals surface area (Å²) in [5, 5.41) is 3.17. The van der Waals surface area contributed by atoms with Crippen molar-refractivity contribution < 1.29 is 14.0 Å². The number of amides is 2. The van der Waals surface area contributed by atoms with Crippen LogP contribution in [-0.2, 0) is 9.59 Å². The van der Waals surface area contributed by atoms with Gasteiger partial charge in [-0.15, -0.1) is 0 Å². The molecule has 0 spiro atoms. The largest absolute Gasteiger partial charge is 0.299 e. The van der Waals surface area contributed by atoms with E-state index in [-0.39, 0.29) is 23.7 Å². The summed E-state index contributed by atoms with van der Waals surface area (Å²) in [5.41, 5.74) is 1.39. The van der Waals surface area contributed by atoms with Crippen LogP contribution in [0.4, 0.5) is 4.39 Å². The molecule has 5 heteroatoms. The van der Waals surface area contributed by atoms with E-state index in [1.54, 1.807) is 13.0 Å². The molecule has 2 rings (SSSR count). The first-order valence-electron chi connectivity index (χ1n) is 6.72. The second-order valence-electron chi connectivity index (χ2n) is 5.28. The number of benzene rings is 1. The van der Waals surface area contributed by atoms with Crippen LogP contribution in [0.5, 0.6) is 0 Å². The molecule has 1 aromatic carbocycles. The Bertz CT molecular complexity index is 545. The first kappa shape index (κ1) is 14.7. The van der Waals surface area contributed by atoms with Crippen LogP contribution in [0.15, 0.2) is 18.2 Å². The molecule has 1 aromatic rings. The Kier molecular flexibility index (Phi) is 4.18. The topological polar surface area (TPSA) is 49.4 Å². The Hall–Kier alpha value is -1.75. The Labute approximate surface area is 118 Å². The highest BCUT2D eigenvalue weighted by molar-refractivity contribution is 6.00. The van der Waals surface area contributed by atoms with Crippen LogP contribution < -0.4 is 5.32 Å². The summed E-state index contributed by atoms with van der Waals surface area (Å²) in [5.74, 6) is -0.624. The summed E-state index contributed by atoms with van der Waals surface area (Å²) in [6, 6.07) is 4.51. The number of piperidine rings is 1. The number of rotatable bonds is 3. The van der Waals surface area contributed by atoms with Crippen molar-refractivity contribution in [2.24, 2.45) is 0 Å². The number of halogens is 1. The quantitative estimate of drug-likeness (QED) is 0.860. The molecule has 1 heterocycles. The number of carbonyl (C=O) groups is 2. The third-order valence-corrected chi connectivity index (χ3v) is 3.80. The summed E-state index contributed by atoms with van der Waals surface area (Å²) >= 11 is 0. The summed E-state index contributed by atoms with van der Waals surface area (Å²) in [7, 11) is 1.49. The van der Waals surface area contributed by atoms with E-state index < -0.39 is 6.04 Å². The number of hydrogen-bond acceptors (Lipinski definition) is 3. The lowest BCUT2D eigenvalue weighted by atomic mass is 10.0. The van der Waals surface area contributed by atoms with Gasteiger partial charge in [0.15, 0.2) is 0 Å². The zero-order valence-corrected chi connectivity index (χ0v) is 11.9. The lowest BCUT2D eigenvalue weighted by Gasteiger charge is -2.30. The van der Waals surface area contributed by atoms with Crippen molar-refractivity contribution in [1.29, 1.82) is 0 Å². The molecule has 108 valence electrons. The summed E-state index contributed by atoms with van der Waals surface area (Å²) in [6.45, 7) is 3.59. The molecule has 0 bridgehead atoms. The lowest BCUT2D eigenvalue weighted by Crippen LogP contribution is -2.51. The van der Waals surface area contributed by atoms with Crippen molar-refractivity contribution in [2.45, 2.75) is 38.8 Å². The lowest BCUT2D eigenvalue weighted by molar-refractivity contribution is -0.148. The molecular weight excluding hydrogens is 259 g/mol. The smallest absolute Gasteiger partial charge is 0.246 e. The van der Waals surface area contributed by atoms with Crippen molar-refractivity contribution in [1.82, 2.24) is 10.2 Å². The number of hydrogen-bond donors (Lipinski definition) is 1. The van der Waals surface area contributed by atoms with Gasteiger partial charge in [0.1, 0.15) is 5.82 Å². The standard InChI is InChI=1S/C15H19FN2O2/c1-9-4-5-11(8-12(9)16)10(2)17-13-6-7-14(19)18(3)15(13)20/h4-5,8,10,13,17H,6-7H2,1-3H3. The van der Waals surface area contributed by atoms with Gasteiger partial charge in [-0.2, -0.15) is 0 Å². The summed E-state index contributed by atoms with van der Waals surface area (Å²) in [4.78, 5) is 24.6. The Morgan fingerprint density at radius 2 is 2.10 bits per heavy atom. The third kappa shape index (κ3) is 2.88. The molecule has 4 nitrogen and oxygen atoms in total. The van der Waals surface area contributed by atoms with Gasteiger partial charge in [-0.05, 0) is 37.5 Å². The molecule has 0 radical (unpaired) electrons. The fourth-order valence-electron chi connectivity index (χ4n) is 2.35. The molecule has 2 unspecified atom stereocenters. The molecule has 1 N–H and O–H groups in total. The molecule has 2 atom stereocenters. The number of nitrogens with zero attached hydrogens (tertiary/aromatic N) is 1.